The highest BCUT2D eigenvalue weighted by Crippen LogP contribution is 2.53. The summed E-state index contributed by atoms with van der Waals surface area (Å²) in [6.07, 6.45) is 1.37. The lowest BCUT2D eigenvalue weighted by atomic mass is 9.81. The average Bonchev–Trinajstić information content (AvgIpc) is 3.51. The summed E-state index contributed by atoms with van der Waals surface area (Å²) in [5, 5.41) is 11.8. The number of ketones is 1. The number of para-hydroxylation sites is 1. The van der Waals surface area contributed by atoms with E-state index < -0.39 is 17.2 Å². The van der Waals surface area contributed by atoms with Gasteiger partial charge in [-0.3, -0.25) is 19.3 Å². The predicted octanol–water partition coefficient (Wildman–Crippen LogP) is 2.67. The Hall–Kier alpha value is -3.69. The van der Waals surface area contributed by atoms with Crippen molar-refractivity contribution in [2.24, 2.45) is 0 Å². The van der Waals surface area contributed by atoms with E-state index in [2.05, 4.69) is 4.90 Å². The van der Waals surface area contributed by atoms with Gasteiger partial charge in [0, 0.05) is 50.3 Å². The molecule has 2 fully saturated rings. The number of hydrogen-bond acceptors (Lipinski definition) is 7. The van der Waals surface area contributed by atoms with Gasteiger partial charge in [-0.1, -0.05) is 25.1 Å². The maximum Gasteiger partial charge on any atom is 0.296 e. The van der Waals surface area contributed by atoms with Gasteiger partial charge in [0.15, 0.2) is 5.54 Å². The smallest absolute Gasteiger partial charge is 0.296 e. The minimum absolute atomic E-state index is 0.00708. The van der Waals surface area contributed by atoms with Crippen LogP contribution in [0.4, 0.5) is 5.69 Å². The van der Waals surface area contributed by atoms with E-state index in [1.807, 2.05) is 26.0 Å². The largest absolute Gasteiger partial charge is 0.507 e. The Balaban J connectivity index is 1.53. The van der Waals surface area contributed by atoms with Crippen LogP contribution in [0.15, 0.2) is 48.0 Å². The molecule has 0 aromatic heterocycles. The topological polar surface area (TPSA) is 99.6 Å². The van der Waals surface area contributed by atoms with E-state index in [1.165, 1.54) is 4.90 Å². The first kappa shape index (κ1) is 25.6. The lowest BCUT2D eigenvalue weighted by Gasteiger charge is -2.36. The molecule has 9 heteroatoms. The van der Waals surface area contributed by atoms with Crippen molar-refractivity contribution in [3.63, 3.8) is 0 Å². The zero-order chi connectivity index (χ0) is 27.3. The molecule has 2 saturated heterocycles. The Morgan fingerprint density at radius 1 is 1.05 bits per heavy atom. The standard InChI is InChI=1S/C30H33N3O6/c1-3-10-32-23-7-5-4-6-22(23)30(29(32)37)25(26(34)20-8-9-24-21(18-20)17-19(2)39-24)27(35)28(36)33(30)12-11-31-13-15-38-16-14-31/h4-9,18-19,34H,3,10-17H2,1-2H3. The number of likely N-dealkylation sites (tertiary alicyclic amines) is 1. The van der Waals surface area contributed by atoms with Gasteiger partial charge in [-0.25, -0.2) is 0 Å². The molecule has 39 heavy (non-hydrogen) atoms. The zero-order valence-electron chi connectivity index (χ0n) is 22.3. The van der Waals surface area contributed by atoms with Crippen LogP contribution >= 0.6 is 0 Å². The fourth-order valence-electron chi connectivity index (χ4n) is 6.39. The normalized spacial score (nSPS) is 25.9. The van der Waals surface area contributed by atoms with Crippen molar-refractivity contribution in [2.75, 3.05) is 50.8 Å². The van der Waals surface area contributed by atoms with Gasteiger partial charge in [0.2, 0.25) is 0 Å². The number of ether oxygens (including phenoxy) is 2. The molecule has 1 spiro atoms. The summed E-state index contributed by atoms with van der Waals surface area (Å²) >= 11 is 0. The molecule has 2 aromatic carbocycles. The first-order valence-electron chi connectivity index (χ1n) is 13.7. The van der Waals surface area contributed by atoms with Crippen molar-refractivity contribution in [1.29, 1.82) is 0 Å². The molecule has 6 rings (SSSR count). The van der Waals surface area contributed by atoms with Gasteiger partial charge in [-0.2, -0.15) is 0 Å². The third-order valence-electron chi connectivity index (χ3n) is 8.17. The maximum atomic E-state index is 14.5. The molecule has 0 saturated carbocycles. The van der Waals surface area contributed by atoms with Crippen LogP contribution in [0, 0.1) is 0 Å². The van der Waals surface area contributed by atoms with Crippen LogP contribution in [0.3, 0.4) is 0 Å². The number of amides is 2. The molecule has 2 unspecified atom stereocenters. The van der Waals surface area contributed by atoms with E-state index in [1.54, 1.807) is 35.2 Å². The summed E-state index contributed by atoms with van der Waals surface area (Å²) in [5.74, 6) is -1.61. The SMILES string of the molecule is CCCN1C(=O)C2(C(=C(O)c3ccc4c(c3)CC(C)O4)C(=O)C(=O)N2CCN2CCOCC2)c2ccccc21. The molecule has 9 nitrogen and oxygen atoms in total. The first-order chi connectivity index (χ1) is 18.9. The van der Waals surface area contributed by atoms with Crippen LogP contribution in [0.25, 0.3) is 5.76 Å². The highest BCUT2D eigenvalue weighted by atomic mass is 16.5. The molecule has 2 amide bonds. The number of aliphatic hydroxyl groups is 1. The highest BCUT2D eigenvalue weighted by Gasteiger charge is 2.67. The van der Waals surface area contributed by atoms with E-state index in [4.69, 9.17) is 9.47 Å². The lowest BCUT2D eigenvalue weighted by molar-refractivity contribution is -0.144. The number of rotatable bonds is 6. The number of carbonyl (C=O) groups is 3. The molecule has 0 bridgehead atoms. The summed E-state index contributed by atoms with van der Waals surface area (Å²) in [4.78, 5) is 47.2. The summed E-state index contributed by atoms with van der Waals surface area (Å²) < 4.78 is 11.3. The van der Waals surface area contributed by atoms with Gasteiger partial charge in [0.1, 0.15) is 17.6 Å². The molecule has 4 aliphatic heterocycles. The van der Waals surface area contributed by atoms with Crippen LogP contribution in [-0.4, -0.2) is 84.5 Å². The van der Waals surface area contributed by atoms with Gasteiger partial charge >= 0.3 is 0 Å². The van der Waals surface area contributed by atoms with Crippen molar-refractivity contribution in [2.45, 2.75) is 38.3 Å². The molecule has 0 aliphatic carbocycles. The van der Waals surface area contributed by atoms with E-state index >= 15 is 0 Å². The molecule has 1 N–H and O–H groups in total. The second kappa shape index (κ2) is 9.81. The minimum atomic E-state index is -1.74. The monoisotopic (exact) mass is 531 g/mol. The molecule has 2 aromatic rings. The number of carbonyl (C=O) groups excluding carboxylic acids is 3. The zero-order valence-corrected chi connectivity index (χ0v) is 22.3. The van der Waals surface area contributed by atoms with Crippen molar-refractivity contribution >= 4 is 29.0 Å². The van der Waals surface area contributed by atoms with Crippen LogP contribution in [0.5, 0.6) is 5.75 Å². The van der Waals surface area contributed by atoms with Crippen molar-refractivity contribution in [3.8, 4) is 5.75 Å². The van der Waals surface area contributed by atoms with E-state index in [-0.39, 0.29) is 29.9 Å². The average molecular weight is 532 g/mol. The first-order valence-corrected chi connectivity index (χ1v) is 13.7. The van der Waals surface area contributed by atoms with E-state index in [9.17, 15) is 19.5 Å². The lowest BCUT2D eigenvalue weighted by Crippen LogP contribution is -2.54. The van der Waals surface area contributed by atoms with Crippen LogP contribution in [0.2, 0.25) is 0 Å². The van der Waals surface area contributed by atoms with Gasteiger partial charge in [0.25, 0.3) is 17.6 Å². The fraction of sp³-hybridized carbons (Fsp3) is 0.433. The number of anilines is 1. The number of fused-ring (bicyclic) bond motifs is 3. The molecular formula is C30H33N3O6. The van der Waals surface area contributed by atoms with Gasteiger partial charge in [-0.05, 0) is 43.2 Å². The summed E-state index contributed by atoms with van der Waals surface area (Å²) in [5.41, 5.74) is 0.592. The Labute approximate surface area is 227 Å². The molecule has 2 atom stereocenters. The van der Waals surface area contributed by atoms with Crippen molar-refractivity contribution in [3.05, 3.63) is 64.7 Å². The molecule has 204 valence electrons. The number of hydrogen-bond donors (Lipinski definition) is 1. The summed E-state index contributed by atoms with van der Waals surface area (Å²) in [6, 6.07) is 12.5. The van der Waals surface area contributed by atoms with E-state index in [0.29, 0.717) is 69.0 Å². The number of aliphatic hydroxyl groups excluding tert-OH is 1. The van der Waals surface area contributed by atoms with Gasteiger partial charge in [-0.15, -0.1) is 0 Å². The van der Waals surface area contributed by atoms with E-state index in [0.717, 1.165) is 11.3 Å². The Bertz CT molecular complexity index is 1380. The Morgan fingerprint density at radius 3 is 2.59 bits per heavy atom. The number of Topliss-reactive ketones (excluding diaryl/α,β-unsaturated/α-hetero) is 1. The number of benzene rings is 2. The quantitative estimate of drug-likeness (QED) is 0.348. The second-order valence-corrected chi connectivity index (χ2v) is 10.6. The van der Waals surface area contributed by atoms with Crippen molar-refractivity contribution in [1.82, 2.24) is 9.80 Å². The fourth-order valence-corrected chi connectivity index (χ4v) is 6.39. The van der Waals surface area contributed by atoms with Crippen LogP contribution < -0.4 is 9.64 Å². The summed E-state index contributed by atoms with van der Waals surface area (Å²) in [7, 11) is 0. The molecule has 4 aliphatic rings. The molecular weight excluding hydrogens is 498 g/mol. The van der Waals surface area contributed by atoms with Crippen LogP contribution in [-0.2, 0) is 31.1 Å². The number of morpholine rings is 1. The number of nitrogens with zero attached hydrogens (tertiary/aromatic N) is 3. The minimum Gasteiger partial charge on any atom is -0.507 e. The Kier molecular flexibility index (Phi) is 6.43. The second-order valence-electron chi connectivity index (χ2n) is 10.6. The van der Waals surface area contributed by atoms with Gasteiger partial charge < -0.3 is 24.4 Å². The van der Waals surface area contributed by atoms with Crippen molar-refractivity contribution < 1.29 is 29.0 Å². The van der Waals surface area contributed by atoms with Gasteiger partial charge in [0.05, 0.1) is 24.5 Å². The predicted molar refractivity (Wildman–Crippen MR) is 145 cm³/mol. The third-order valence-corrected chi connectivity index (χ3v) is 8.17. The third kappa shape index (κ3) is 3.86. The highest BCUT2D eigenvalue weighted by molar-refractivity contribution is 6.50. The summed E-state index contributed by atoms with van der Waals surface area (Å²) in [6.45, 7) is 7.62. The molecule has 0 radical (unpaired) electrons. The maximum absolute atomic E-state index is 14.5. The Morgan fingerprint density at radius 2 is 1.82 bits per heavy atom. The van der Waals surface area contributed by atoms with Crippen LogP contribution in [0.1, 0.15) is 37.0 Å². The molecule has 4 heterocycles.